The van der Waals surface area contributed by atoms with Gasteiger partial charge in [-0.3, -0.25) is 4.79 Å². The number of amides is 1. The second-order valence-electron chi connectivity index (χ2n) is 5.99. The first-order chi connectivity index (χ1) is 8.84. The maximum Gasteiger partial charge on any atom is 0.222 e. The van der Waals surface area contributed by atoms with Crippen molar-refractivity contribution in [3.63, 3.8) is 0 Å². The average Bonchev–Trinajstić information content (AvgIpc) is 2.35. The van der Waals surface area contributed by atoms with Crippen molar-refractivity contribution in [2.75, 3.05) is 12.9 Å². The Morgan fingerprint density at radius 2 is 1.79 bits per heavy atom. The number of hydrogen-bond acceptors (Lipinski definition) is 1. The smallest absolute Gasteiger partial charge is 0.222 e. The van der Waals surface area contributed by atoms with Gasteiger partial charge in [0.05, 0.1) is 0 Å². The molecule has 0 aromatic heterocycles. The van der Waals surface area contributed by atoms with Gasteiger partial charge in [0, 0.05) is 25.9 Å². The highest BCUT2D eigenvalue weighted by molar-refractivity contribution is 6.17. The van der Waals surface area contributed by atoms with Crippen LogP contribution in [0.5, 0.6) is 0 Å². The number of carbonyl (C=O) groups excluding carboxylic acids is 1. The maximum atomic E-state index is 11.8. The molecule has 1 rings (SSSR count). The zero-order valence-corrected chi connectivity index (χ0v) is 13.1. The Hall–Kier alpha value is -1.02. The van der Waals surface area contributed by atoms with Crippen LogP contribution in [0, 0.1) is 0 Å². The molecule has 19 heavy (non-hydrogen) atoms. The molecule has 0 bridgehead atoms. The molecule has 0 aliphatic rings. The van der Waals surface area contributed by atoms with Crippen molar-refractivity contribution in [3.05, 3.63) is 35.4 Å². The fourth-order valence-corrected chi connectivity index (χ4v) is 2.01. The molecular weight excluding hydrogens is 258 g/mol. The van der Waals surface area contributed by atoms with Crippen molar-refractivity contribution >= 4 is 17.5 Å². The normalized spacial score (nSPS) is 11.4. The lowest BCUT2D eigenvalue weighted by atomic mass is 9.87. The van der Waals surface area contributed by atoms with Gasteiger partial charge in [0.2, 0.25) is 5.91 Å². The third kappa shape index (κ3) is 5.23. The molecule has 106 valence electrons. The van der Waals surface area contributed by atoms with E-state index in [1.165, 1.54) is 5.56 Å². The predicted octanol–water partition coefficient (Wildman–Crippen LogP) is 3.96. The molecule has 0 fully saturated rings. The Balaban J connectivity index is 2.60. The minimum absolute atomic E-state index is 0.153. The van der Waals surface area contributed by atoms with Crippen molar-refractivity contribution in [2.24, 2.45) is 0 Å². The van der Waals surface area contributed by atoms with E-state index in [4.69, 9.17) is 11.6 Å². The number of rotatable bonds is 5. The molecule has 0 atom stereocenters. The van der Waals surface area contributed by atoms with Crippen molar-refractivity contribution < 1.29 is 4.79 Å². The number of alkyl halides is 1. The van der Waals surface area contributed by atoms with E-state index in [9.17, 15) is 4.79 Å². The maximum absolute atomic E-state index is 11.8. The summed E-state index contributed by atoms with van der Waals surface area (Å²) in [5.74, 6) is 0.695. The lowest BCUT2D eigenvalue weighted by molar-refractivity contribution is -0.130. The SMILES string of the molecule is CN(Cc1ccc(C(C)(C)C)cc1)C(=O)CCCCl. The Kier molecular flexibility index (Phi) is 5.86. The highest BCUT2D eigenvalue weighted by Gasteiger charge is 2.13. The molecule has 0 heterocycles. The number of carbonyl (C=O) groups is 1. The van der Waals surface area contributed by atoms with Crippen LogP contribution in [0.1, 0.15) is 44.7 Å². The Labute approximate surface area is 121 Å². The first-order valence-electron chi connectivity index (χ1n) is 6.74. The molecule has 0 radical (unpaired) electrons. The molecule has 0 saturated carbocycles. The van der Waals surface area contributed by atoms with Crippen LogP contribution in [-0.2, 0) is 16.8 Å². The molecule has 0 aliphatic carbocycles. The average molecular weight is 282 g/mol. The van der Waals surface area contributed by atoms with Crippen molar-refractivity contribution in [1.82, 2.24) is 4.90 Å². The molecule has 0 N–H and O–H groups in total. The van der Waals surface area contributed by atoms with Gasteiger partial charge >= 0.3 is 0 Å². The highest BCUT2D eigenvalue weighted by atomic mass is 35.5. The minimum Gasteiger partial charge on any atom is -0.341 e. The highest BCUT2D eigenvalue weighted by Crippen LogP contribution is 2.22. The first kappa shape index (κ1) is 16.0. The van der Waals surface area contributed by atoms with Crippen LogP contribution in [-0.4, -0.2) is 23.7 Å². The van der Waals surface area contributed by atoms with Crippen molar-refractivity contribution in [3.8, 4) is 0 Å². The van der Waals surface area contributed by atoms with E-state index in [0.29, 0.717) is 18.8 Å². The van der Waals surface area contributed by atoms with E-state index in [0.717, 1.165) is 12.0 Å². The predicted molar refractivity (Wildman–Crippen MR) is 81.6 cm³/mol. The van der Waals surface area contributed by atoms with Crippen molar-refractivity contribution in [2.45, 2.75) is 45.6 Å². The summed E-state index contributed by atoms with van der Waals surface area (Å²) in [5.41, 5.74) is 2.64. The van der Waals surface area contributed by atoms with Crippen LogP contribution in [0.3, 0.4) is 0 Å². The van der Waals surface area contributed by atoms with Crippen LogP contribution < -0.4 is 0 Å². The van der Waals surface area contributed by atoms with Gasteiger partial charge in [-0.1, -0.05) is 45.0 Å². The second kappa shape index (κ2) is 6.95. The summed E-state index contributed by atoms with van der Waals surface area (Å²) in [6.07, 6.45) is 1.27. The van der Waals surface area contributed by atoms with Gasteiger partial charge in [-0.05, 0) is 23.0 Å². The van der Waals surface area contributed by atoms with E-state index >= 15 is 0 Å². The number of benzene rings is 1. The van der Waals surface area contributed by atoms with Crippen LogP contribution in [0.4, 0.5) is 0 Å². The summed E-state index contributed by atoms with van der Waals surface area (Å²) in [6.45, 7) is 7.25. The molecule has 1 aromatic carbocycles. The van der Waals surface area contributed by atoms with Crippen LogP contribution >= 0.6 is 11.6 Å². The lowest BCUT2D eigenvalue weighted by Crippen LogP contribution is -2.26. The molecule has 0 saturated heterocycles. The molecule has 1 amide bonds. The number of halogens is 1. The zero-order chi connectivity index (χ0) is 14.5. The van der Waals surface area contributed by atoms with E-state index in [1.807, 2.05) is 7.05 Å². The molecule has 3 heteroatoms. The van der Waals surface area contributed by atoms with Gasteiger partial charge in [0.15, 0.2) is 0 Å². The van der Waals surface area contributed by atoms with Crippen LogP contribution in [0.15, 0.2) is 24.3 Å². The molecule has 0 aliphatic heterocycles. The quantitative estimate of drug-likeness (QED) is 0.748. The van der Waals surface area contributed by atoms with E-state index in [1.54, 1.807) is 4.90 Å². The van der Waals surface area contributed by atoms with Gasteiger partial charge in [0.25, 0.3) is 0 Å². The Bertz CT molecular complexity index is 406. The minimum atomic E-state index is 0.153. The molecule has 0 spiro atoms. The van der Waals surface area contributed by atoms with Gasteiger partial charge in [-0.15, -0.1) is 11.6 Å². The zero-order valence-electron chi connectivity index (χ0n) is 12.4. The van der Waals surface area contributed by atoms with Crippen LogP contribution in [0.2, 0.25) is 0 Å². The summed E-state index contributed by atoms with van der Waals surface area (Å²) in [4.78, 5) is 13.6. The summed E-state index contributed by atoms with van der Waals surface area (Å²) < 4.78 is 0. The van der Waals surface area contributed by atoms with Gasteiger partial charge < -0.3 is 4.90 Å². The standard InChI is InChI=1S/C16H24ClNO/c1-16(2,3)14-9-7-13(8-10-14)12-18(4)15(19)6-5-11-17/h7-10H,5-6,11-12H2,1-4H3. The third-order valence-electron chi connectivity index (χ3n) is 3.19. The van der Waals surface area contributed by atoms with Gasteiger partial charge in [-0.25, -0.2) is 0 Å². The largest absolute Gasteiger partial charge is 0.341 e. The van der Waals surface area contributed by atoms with E-state index in [2.05, 4.69) is 45.0 Å². The molecule has 0 unspecified atom stereocenters. The van der Waals surface area contributed by atoms with Gasteiger partial charge in [0.1, 0.15) is 0 Å². The topological polar surface area (TPSA) is 20.3 Å². The molecule has 2 nitrogen and oxygen atoms in total. The number of nitrogens with zero attached hydrogens (tertiary/aromatic N) is 1. The summed E-state index contributed by atoms with van der Waals surface area (Å²) >= 11 is 5.60. The Morgan fingerprint density at radius 3 is 2.26 bits per heavy atom. The fraction of sp³-hybridized carbons (Fsp3) is 0.562. The van der Waals surface area contributed by atoms with Crippen LogP contribution in [0.25, 0.3) is 0 Å². The Morgan fingerprint density at radius 1 is 1.21 bits per heavy atom. The lowest BCUT2D eigenvalue weighted by Gasteiger charge is -2.21. The van der Waals surface area contributed by atoms with Crippen molar-refractivity contribution in [1.29, 1.82) is 0 Å². The molecular formula is C16H24ClNO. The monoisotopic (exact) mass is 281 g/mol. The second-order valence-corrected chi connectivity index (χ2v) is 6.37. The number of hydrogen-bond donors (Lipinski definition) is 0. The van der Waals surface area contributed by atoms with E-state index < -0.39 is 0 Å². The summed E-state index contributed by atoms with van der Waals surface area (Å²) in [5, 5.41) is 0. The first-order valence-corrected chi connectivity index (χ1v) is 7.27. The third-order valence-corrected chi connectivity index (χ3v) is 3.46. The summed E-state index contributed by atoms with van der Waals surface area (Å²) in [7, 11) is 1.84. The molecule has 1 aromatic rings. The van der Waals surface area contributed by atoms with Gasteiger partial charge in [-0.2, -0.15) is 0 Å². The fourth-order valence-electron chi connectivity index (χ4n) is 1.88. The summed E-state index contributed by atoms with van der Waals surface area (Å²) in [6, 6.07) is 8.50. The van der Waals surface area contributed by atoms with E-state index in [-0.39, 0.29) is 11.3 Å².